The molecule has 0 saturated carbocycles. The molecule has 0 aromatic heterocycles. The van der Waals surface area contributed by atoms with E-state index in [1.54, 1.807) is 54.5 Å². The third-order valence-electron chi connectivity index (χ3n) is 16.2. The first kappa shape index (κ1) is 76.9. The lowest BCUT2D eigenvalue weighted by Gasteiger charge is -2.41. The number of hydrogen-bond acceptors (Lipinski definition) is 12. The quantitative estimate of drug-likeness (QED) is 0.148. The Hall–Kier alpha value is -6.13. The standard InChI is InChI=1S/C62H111N11O12/c1-25-27-28-40(15)52(75)51-56(79)64-43(26-2)58(81)67(18)33-48(74)69(20)45(30-35(5)6)55(78)66-49(38(11)12)61(84)68(19)42(17)53(76)65-44(29-34(3)4)54(77)63-41(16)57(80)70(21)46(31-36(7)8)59(82)71(22)47(32-37(9)10)60(83)72(23)50(39(13)14)62(85)73(51)24/h25,27,34-47,49-52,75H,26,28-33H2,1-24H3,(H,63,77)(H,64,79)(H,65,76)(H,66,78)/b27-25+/t40-,41-,42+,43+,44+,45+,46+,47-,49+,50+,51+,52-/m1/s1. The SMILES string of the molecule is C/C=C/C[C@@H](C)[C@@H](O)[C@H]1C(=O)N[C@@H](CC)C(=O)N(C)CC(=O)N(C)[C@@H](CC(C)C)C(=O)N[C@@H](C(C)C)C(=O)N(C)[C@@H](C)C(=O)N[C@@H](CC(C)C)C(=O)N[C@H](C)C(=O)N(C)[C@@H](CC(C)C)C(=O)N(C)[C@H](CC(C)C)C(=O)N(C)[C@@H](C(C)C)C(=O)N1C. The molecule has 1 fully saturated rings. The average Bonchev–Trinajstić information content (AvgIpc) is 3.46. The highest BCUT2D eigenvalue weighted by Gasteiger charge is 2.45. The van der Waals surface area contributed by atoms with Crippen molar-refractivity contribution in [3.63, 3.8) is 0 Å². The van der Waals surface area contributed by atoms with Crippen LogP contribution in [0.5, 0.6) is 0 Å². The largest absolute Gasteiger partial charge is 0.390 e. The molecule has 85 heavy (non-hydrogen) atoms. The van der Waals surface area contributed by atoms with E-state index in [4.69, 9.17) is 0 Å². The molecule has 5 N–H and O–H groups in total. The van der Waals surface area contributed by atoms with Gasteiger partial charge in [-0.2, -0.15) is 0 Å². The van der Waals surface area contributed by atoms with Crippen LogP contribution in [0.15, 0.2) is 12.2 Å². The molecule has 1 aliphatic rings. The van der Waals surface area contributed by atoms with Gasteiger partial charge in [-0.05, 0) is 101 Å². The Morgan fingerprint density at radius 2 is 0.929 bits per heavy atom. The van der Waals surface area contributed by atoms with E-state index in [-0.39, 0.29) is 55.8 Å². The lowest BCUT2D eigenvalue weighted by atomic mass is 9.91. The van der Waals surface area contributed by atoms with Crippen LogP contribution in [0, 0.1) is 41.4 Å². The summed E-state index contributed by atoms with van der Waals surface area (Å²) in [7, 11) is 9.89. The molecule has 0 aliphatic carbocycles. The number of nitrogens with zero attached hydrogens (tertiary/aromatic N) is 7. The number of hydrogen-bond donors (Lipinski definition) is 5. The van der Waals surface area contributed by atoms with Crippen LogP contribution in [0.3, 0.4) is 0 Å². The van der Waals surface area contributed by atoms with E-state index in [0.29, 0.717) is 6.42 Å². The van der Waals surface area contributed by atoms with Gasteiger partial charge in [0.25, 0.3) is 0 Å². The normalized spacial score (nSPS) is 26.9. The Bertz CT molecular complexity index is 2330. The van der Waals surface area contributed by atoms with Crippen molar-refractivity contribution < 1.29 is 57.8 Å². The molecule has 23 nitrogen and oxygen atoms in total. The first-order valence-corrected chi connectivity index (χ1v) is 30.6. The molecule has 0 aromatic carbocycles. The van der Waals surface area contributed by atoms with Gasteiger partial charge < -0.3 is 60.7 Å². The van der Waals surface area contributed by atoms with E-state index < -0.39 is 156 Å². The molecule has 12 atom stereocenters. The molecule has 0 unspecified atom stereocenters. The van der Waals surface area contributed by atoms with Crippen LogP contribution in [-0.4, -0.2) is 227 Å². The second kappa shape index (κ2) is 34.9. The minimum atomic E-state index is -1.61. The molecular formula is C62H111N11O12. The number of nitrogens with one attached hydrogen (secondary N) is 4. The second-order valence-electron chi connectivity index (χ2n) is 26.1. The fourth-order valence-corrected chi connectivity index (χ4v) is 10.6. The topological polar surface area (TPSA) is 279 Å². The van der Waals surface area contributed by atoms with Gasteiger partial charge in [0.1, 0.15) is 60.4 Å². The number of rotatable bonds is 15. The molecular weight excluding hydrogens is 1090 g/mol. The third-order valence-corrected chi connectivity index (χ3v) is 16.2. The maximum absolute atomic E-state index is 15.1. The Morgan fingerprint density at radius 1 is 0.471 bits per heavy atom. The highest BCUT2D eigenvalue weighted by molar-refractivity contribution is 5.99. The fourth-order valence-electron chi connectivity index (χ4n) is 10.6. The van der Waals surface area contributed by atoms with Gasteiger partial charge >= 0.3 is 0 Å². The summed E-state index contributed by atoms with van der Waals surface area (Å²) in [5.74, 6) is -9.71. The number of likely N-dealkylation sites (N-methyl/N-ethyl adjacent to an activating group) is 7. The van der Waals surface area contributed by atoms with E-state index in [9.17, 15) is 48.3 Å². The Balaban J connectivity index is 4.33. The summed E-state index contributed by atoms with van der Waals surface area (Å²) in [6.45, 7) is 29.3. The van der Waals surface area contributed by atoms with Gasteiger partial charge in [-0.3, -0.25) is 52.7 Å². The summed E-state index contributed by atoms with van der Waals surface area (Å²) >= 11 is 0. The minimum Gasteiger partial charge on any atom is -0.390 e. The van der Waals surface area contributed by atoms with E-state index in [2.05, 4.69) is 21.3 Å². The minimum absolute atomic E-state index is 0.0230. The number of aliphatic hydroxyl groups excluding tert-OH is 1. The molecule has 23 heteroatoms. The Labute approximate surface area is 508 Å². The molecule has 1 saturated heterocycles. The summed E-state index contributed by atoms with van der Waals surface area (Å²) in [5.41, 5.74) is 0. The van der Waals surface area contributed by atoms with Gasteiger partial charge in [-0.15, -0.1) is 0 Å². The first-order valence-electron chi connectivity index (χ1n) is 30.6. The van der Waals surface area contributed by atoms with E-state index in [1.165, 1.54) is 82.8 Å². The maximum atomic E-state index is 15.1. The zero-order valence-corrected chi connectivity index (χ0v) is 56.1. The molecule has 1 aliphatic heterocycles. The van der Waals surface area contributed by atoms with Gasteiger partial charge in [-0.1, -0.05) is 109 Å². The van der Waals surface area contributed by atoms with E-state index in [1.807, 2.05) is 61.5 Å². The van der Waals surface area contributed by atoms with Crippen LogP contribution in [0.2, 0.25) is 0 Å². The number of carbonyl (C=O) groups is 11. The lowest BCUT2D eigenvalue weighted by molar-refractivity contribution is -0.157. The molecule has 0 bridgehead atoms. The summed E-state index contributed by atoms with van der Waals surface area (Å²) in [6.07, 6.45) is 3.02. The van der Waals surface area contributed by atoms with Crippen LogP contribution in [0.4, 0.5) is 0 Å². The van der Waals surface area contributed by atoms with Gasteiger partial charge in [0.05, 0.1) is 12.6 Å². The van der Waals surface area contributed by atoms with Gasteiger partial charge in [0.15, 0.2) is 0 Å². The van der Waals surface area contributed by atoms with Crippen LogP contribution in [-0.2, 0) is 52.7 Å². The van der Waals surface area contributed by atoms with Gasteiger partial charge in [-0.25, -0.2) is 0 Å². The molecule has 1 rings (SSSR count). The summed E-state index contributed by atoms with van der Waals surface area (Å²) in [6, 6.07) is -12.3. The maximum Gasteiger partial charge on any atom is 0.246 e. The number of amides is 11. The first-order chi connectivity index (χ1) is 39.2. The van der Waals surface area contributed by atoms with Crippen LogP contribution in [0.1, 0.15) is 156 Å². The summed E-state index contributed by atoms with van der Waals surface area (Å²) in [5, 5.41) is 23.2. The lowest BCUT2D eigenvalue weighted by Crippen LogP contribution is -2.63. The van der Waals surface area contributed by atoms with Crippen molar-refractivity contribution in [2.75, 3.05) is 55.9 Å². The average molecular weight is 1200 g/mol. The second-order valence-corrected chi connectivity index (χ2v) is 26.1. The van der Waals surface area contributed by atoms with Crippen molar-refractivity contribution in [2.45, 2.75) is 223 Å². The van der Waals surface area contributed by atoms with Gasteiger partial charge in [0, 0.05) is 49.3 Å². The van der Waals surface area contributed by atoms with Crippen molar-refractivity contribution in [3.8, 4) is 0 Å². The molecule has 11 amide bonds. The highest BCUT2D eigenvalue weighted by atomic mass is 16.3. The fraction of sp³-hybridized carbons (Fsp3) is 0.790. The smallest absolute Gasteiger partial charge is 0.246 e. The van der Waals surface area contributed by atoms with Crippen molar-refractivity contribution in [2.24, 2.45) is 41.4 Å². The van der Waals surface area contributed by atoms with Crippen molar-refractivity contribution in [3.05, 3.63) is 12.2 Å². The molecule has 0 aromatic rings. The molecule has 486 valence electrons. The van der Waals surface area contributed by atoms with Crippen molar-refractivity contribution in [1.29, 1.82) is 0 Å². The zero-order chi connectivity index (χ0) is 66.0. The number of aliphatic hydroxyl groups is 1. The Morgan fingerprint density at radius 3 is 1.39 bits per heavy atom. The highest BCUT2D eigenvalue weighted by Crippen LogP contribution is 2.25. The molecule has 1 heterocycles. The van der Waals surface area contributed by atoms with Crippen LogP contribution in [0.25, 0.3) is 0 Å². The zero-order valence-electron chi connectivity index (χ0n) is 56.1. The van der Waals surface area contributed by atoms with E-state index >= 15 is 9.59 Å². The molecule has 0 radical (unpaired) electrons. The van der Waals surface area contributed by atoms with Crippen LogP contribution < -0.4 is 21.3 Å². The number of allylic oxidation sites excluding steroid dienone is 2. The summed E-state index contributed by atoms with van der Waals surface area (Å²) in [4.78, 5) is 168. The monoisotopic (exact) mass is 1200 g/mol. The van der Waals surface area contributed by atoms with Gasteiger partial charge in [0.2, 0.25) is 65.0 Å². The van der Waals surface area contributed by atoms with Crippen molar-refractivity contribution in [1.82, 2.24) is 55.6 Å². The van der Waals surface area contributed by atoms with Crippen molar-refractivity contribution >= 4 is 65.0 Å². The predicted molar refractivity (Wildman–Crippen MR) is 328 cm³/mol. The predicted octanol–water partition coefficient (Wildman–Crippen LogP) is 3.27. The van der Waals surface area contributed by atoms with Crippen LogP contribution >= 0.6 is 0 Å². The number of carbonyl (C=O) groups excluding carboxylic acids is 11. The third kappa shape index (κ3) is 21.7. The summed E-state index contributed by atoms with van der Waals surface area (Å²) < 4.78 is 0. The Kier molecular flexibility index (Phi) is 31.5. The van der Waals surface area contributed by atoms with E-state index in [0.717, 1.165) is 14.7 Å². The molecule has 0 spiro atoms.